The molecule has 0 aromatic carbocycles. The van der Waals surface area contributed by atoms with Crippen LogP contribution in [0.4, 0.5) is 0 Å². The van der Waals surface area contributed by atoms with Crippen molar-refractivity contribution in [3.63, 3.8) is 0 Å². The van der Waals surface area contributed by atoms with Gasteiger partial charge in [-0.1, -0.05) is 0 Å². The van der Waals surface area contributed by atoms with Gasteiger partial charge >= 0.3 is 0 Å². The number of aryl methyl sites for hydroxylation is 1. The lowest BCUT2D eigenvalue weighted by Gasteiger charge is -1.99. The second-order valence-corrected chi connectivity index (χ2v) is 2.49. The molecule has 0 bridgehead atoms. The van der Waals surface area contributed by atoms with Crippen LogP contribution in [0, 0.1) is 0 Å². The highest BCUT2D eigenvalue weighted by atomic mass is 35.5. The van der Waals surface area contributed by atoms with Gasteiger partial charge in [0.1, 0.15) is 5.69 Å². The quantitative estimate of drug-likeness (QED) is 0.637. The Morgan fingerprint density at radius 1 is 1.67 bits per heavy atom. The molecule has 1 heterocycles. The second kappa shape index (κ2) is 3.49. The molecule has 0 aliphatic rings. The second-order valence-electron chi connectivity index (χ2n) is 2.15. The molecule has 0 unspecified atom stereocenters. The molecule has 0 N–H and O–H groups in total. The maximum absolute atomic E-state index is 11.0. The third kappa shape index (κ3) is 1.71. The first-order valence-corrected chi connectivity index (χ1v) is 3.81. The highest BCUT2D eigenvalue weighted by molar-refractivity contribution is 6.67. The van der Waals surface area contributed by atoms with Crippen molar-refractivity contribution in [2.75, 3.05) is 0 Å². The minimum Gasteiger partial charge on any atom is -0.274 e. The summed E-state index contributed by atoms with van der Waals surface area (Å²) < 4.78 is 1.18. The van der Waals surface area contributed by atoms with Crippen molar-refractivity contribution in [3.05, 3.63) is 28.2 Å². The average molecular weight is 187 g/mol. The Morgan fingerprint density at radius 2 is 2.33 bits per heavy atom. The van der Waals surface area contributed by atoms with E-state index in [1.807, 2.05) is 0 Å². The maximum atomic E-state index is 11.0. The standard InChI is InChI=1S/C7H7ClN2O2/c1-2-10-6(11)4-3-5(9-10)7(8)12/h3-4H,2H2,1H3. The van der Waals surface area contributed by atoms with Crippen molar-refractivity contribution in [2.24, 2.45) is 0 Å². The molecule has 0 amide bonds. The van der Waals surface area contributed by atoms with E-state index in [0.717, 1.165) is 0 Å². The summed E-state index contributed by atoms with van der Waals surface area (Å²) in [4.78, 5) is 21.6. The number of aromatic nitrogens is 2. The summed E-state index contributed by atoms with van der Waals surface area (Å²) in [6.45, 7) is 2.19. The van der Waals surface area contributed by atoms with Gasteiger partial charge in [-0.2, -0.15) is 5.10 Å². The highest BCUT2D eigenvalue weighted by Gasteiger charge is 2.04. The zero-order valence-electron chi connectivity index (χ0n) is 6.45. The van der Waals surface area contributed by atoms with E-state index in [1.54, 1.807) is 6.92 Å². The fourth-order valence-electron chi connectivity index (χ4n) is 0.780. The van der Waals surface area contributed by atoms with E-state index in [1.165, 1.54) is 16.8 Å². The van der Waals surface area contributed by atoms with Crippen LogP contribution >= 0.6 is 11.6 Å². The third-order valence-corrected chi connectivity index (χ3v) is 1.56. The summed E-state index contributed by atoms with van der Waals surface area (Å²) in [5, 5.41) is 3.06. The predicted molar refractivity (Wildman–Crippen MR) is 44.4 cm³/mol. The largest absolute Gasteiger partial charge is 0.274 e. The van der Waals surface area contributed by atoms with Gasteiger partial charge in [0, 0.05) is 12.6 Å². The normalized spacial score (nSPS) is 9.83. The Labute approximate surface area is 73.8 Å². The summed E-state index contributed by atoms with van der Waals surface area (Å²) >= 11 is 5.17. The number of hydrogen-bond acceptors (Lipinski definition) is 3. The highest BCUT2D eigenvalue weighted by Crippen LogP contribution is 1.95. The zero-order valence-corrected chi connectivity index (χ0v) is 7.21. The molecule has 5 heteroatoms. The molecule has 0 saturated heterocycles. The molecule has 0 aliphatic heterocycles. The van der Waals surface area contributed by atoms with Crippen molar-refractivity contribution in [3.8, 4) is 0 Å². The molecule has 12 heavy (non-hydrogen) atoms. The van der Waals surface area contributed by atoms with E-state index in [4.69, 9.17) is 11.6 Å². The molecule has 4 nitrogen and oxygen atoms in total. The van der Waals surface area contributed by atoms with E-state index in [-0.39, 0.29) is 11.3 Å². The Morgan fingerprint density at radius 3 is 2.83 bits per heavy atom. The van der Waals surface area contributed by atoms with Gasteiger partial charge < -0.3 is 0 Å². The molecule has 0 radical (unpaired) electrons. The minimum atomic E-state index is -0.655. The topological polar surface area (TPSA) is 52.0 Å². The predicted octanol–water partition coefficient (Wildman–Crippen LogP) is 0.642. The lowest BCUT2D eigenvalue weighted by atomic mass is 10.4. The maximum Gasteiger partial charge on any atom is 0.272 e. The van der Waals surface area contributed by atoms with Crippen molar-refractivity contribution in [2.45, 2.75) is 13.5 Å². The van der Waals surface area contributed by atoms with Crippen LogP contribution in [0.2, 0.25) is 0 Å². The molecule has 1 aromatic rings. The first-order valence-electron chi connectivity index (χ1n) is 3.43. The molecule has 0 fully saturated rings. The van der Waals surface area contributed by atoms with Gasteiger partial charge in [0.15, 0.2) is 0 Å². The number of carbonyl (C=O) groups excluding carboxylic acids is 1. The number of halogens is 1. The number of carbonyl (C=O) groups is 1. The van der Waals surface area contributed by atoms with Gasteiger partial charge in [0.25, 0.3) is 10.8 Å². The zero-order chi connectivity index (χ0) is 9.14. The van der Waals surface area contributed by atoms with Gasteiger partial charge in [0.05, 0.1) is 0 Å². The van der Waals surface area contributed by atoms with Crippen molar-refractivity contribution in [1.82, 2.24) is 9.78 Å². The molecule has 1 aromatic heterocycles. The van der Waals surface area contributed by atoms with E-state index in [0.29, 0.717) is 6.54 Å². The van der Waals surface area contributed by atoms with Crippen LogP contribution in [0.25, 0.3) is 0 Å². The Kier molecular flexibility index (Phi) is 2.60. The van der Waals surface area contributed by atoms with Crippen molar-refractivity contribution >= 4 is 16.8 Å². The summed E-state index contributed by atoms with van der Waals surface area (Å²) in [6.07, 6.45) is 0. The van der Waals surface area contributed by atoms with Crippen LogP contribution in [0.15, 0.2) is 16.9 Å². The van der Waals surface area contributed by atoms with E-state index in [2.05, 4.69) is 5.10 Å². The molecule has 1 rings (SSSR count). The average Bonchev–Trinajstić information content (AvgIpc) is 2.05. The first kappa shape index (κ1) is 8.93. The van der Waals surface area contributed by atoms with E-state index in [9.17, 15) is 9.59 Å². The fourth-order valence-corrected chi connectivity index (χ4v) is 0.881. The molecule has 0 saturated carbocycles. The lowest BCUT2D eigenvalue weighted by Crippen LogP contribution is -2.22. The third-order valence-electron chi connectivity index (χ3n) is 1.37. The summed E-state index contributed by atoms with van der Waals surface area (Å²) in [7, 11) is 0. The van der Waals surface area contributed by atoms with E-state index >= 15 is 0 Å². The molecule has 0 atom stereocenters. The lowest BCUT2D eigenvalue weighted by molar-refractivity contribution is 0.107. The Bertz CT molecular complexity index is 359. The van der Waals surface area contributed by atoms with E-state index < -0.39 is 5.24 Å². The molecular formula is C7H7ClN2O2. The fraction of sp³-hybridized carbons (Fsp3) is 0.286. The number of rotatable bonds is 2. The monoisotopic (exact) mass is 186 g/mol. The van der Waals surface area contributed by atoms with Gasteiger partial charge in [-0.3, -0.25) is 9.59 Å². The molecule has 0 aliphatic carbocycles. The molecule has 0 spiro atoms. The SMILES string of the molecule is CCn1nc(C(=O)Cl)ccc1=O. The number of hydrogen-bond donors (Lipinski definition) is 0. The number of nitrogens with zero attached hydrogens (tertiary/aromatic N) is 2. The van der Waals surface area contributed by atoms with Crippen LogP contribution in [0.1, 0.15) is 17.4 Å². The summed E-state index contributed by atoms with van der Waals surface area (Å²) in [6, 6.07) is 2.58. The van der Waals surface area contributed by atoms with Crippen LogP contribution in [0.5, 0.6) is 0 Å². The van der Waals surface area contributed by atoms with Gasteiger partial charge in [-0.15, -0.1) is 0 Å². The van der Waals surface area contributed by atoms with Crippen molar-refractivity contribution < 1.29 is 4.79 Å². The Hall–Kier alpha value is -1.16. The smallest absolute Gasteiger partial charge is 0.272 e. The summed E-state index contributed by atoms with van der Waals surface area (Å²) in [5.41, 5.74) is -0.141. The first-order chi connectivity index (χ1) is 5.65. The van der Waals surface area contributed by atoms with Gasteiger partial charge in [-0.25, -0.2) is 4.68 Å². The minimum absolute atomic E-state index is 0.0955. The molecular weight excluding hydrogens is 180 g/mol. The van der Waals surface area contributed by atoms with Crippen LogP contribution < -0.4 is 5.56 Å². The van der Waals surface area contributed by atoms with Crippen LogP contribution in [-0.4, -0.2) is 15.0 Å². The summed E-state index contributed by atoms with van der Waals surface area (Å²) in [5.74, 6) is 0. The Balaban J connectivity index is 3.23. The van der Waals surface area contributed by atoms with Gasteiger partial charge in [0.2, 0.25) is 0 Å². The van der Waals surface area contributed by atoms with Crippen molar-refractivity contribution in [1.29, 1.82) is 0 Å². The van der Waals surface area contributed by atoms with Gasteiger partial charge in [-0.05, 0) is 24.6 Å². The molecule has 64 valence electrons. The van der Waals surface area contributed by atoms with Crippen LogP contribution in [0.3, 0.4) is 0 Å². The van der Waals surface area contributed by atoms with Crippen LogP contribution in [-0.2, 0) is 6.54 Å².